The Balaban J connectivity index is 1.46. The van der Waals surface area contributed by atoms with Crippen molar-refractivity contribution in [3.05, 3.63) is 54.1 Å². The zero-order valence-electron chi connectivity index (χ0n) is 18.1. The molecule has 2 saturated heterocycles. The zero-order chi connectivity index (χ0) is 23.4. The molecular formula is C23H26N4O5S. The third-order valence-corrected chi connectivity index (χ3v) is 7.63. The fraction of sp³-hybridized carbons (Fsp3) is 0.348. The molecule has 3 amide bonds. The minimum Gasteiger partial charge on any atom is -0.322 e. The number of hydrogen-bond donors (Lipinski definition) is 2. The molecule has 2 aromatic carbocycles. The Hall–Kier alpha value is -3.24. The minimum atomic E-state index is -3.63. The molecule has 0 unspecified atom stereocenters. The van der Waals surface area contributed by atoms with Crippen LogP contribution in [0.3, 0.4) is 0 Å². The highest BCUT2D eigenvalue weighted by Gasteiger charge is 2.26. The number of hydrogen-bond acceptors (Lipinski definition) is 5. The van der Waals surface area contributed by atoms with Gasteiger partial charge in [0.15, 0.2) is 0 Å². The smallest absolute Gasteiger partial charge is 0.255 e. The second-order valence-electron chi connectivity index (χ2n) is 8.11. The summed E-state index contributed by atoms with van der Waals surface area (Å²) in [4.78, 5) is 36.5. The van der Waals surface area contributed by atoms with Gasteiger partial charge in [0, 0.05) is 37.2 Å². The number of rotatable bonds is 5. The van der Waals surface area contributed by atoms with Crippen LogP contribution in [-0.2, 0) is 19.6 Å². The van der Waals surface area contributed by atoms with Crippen LogP contribution in [0.15, 0.2) is 53.4 Å². The second kappa shape index (κ2) is 9.72. The highest BCUT2D eigenvalue weighted by molar-refractivity contribution is 7.89. The van der Waals surface area contributed by atoms with Crippen molar-refractivity contribution in [2.45, 2.75) is 43.4 Å². The number of sulfonamides is 1. The molecule has 9 nitrogen and oxygen atoms in total. The lowest BCUT2D eigenvalue weighted by atomic mass is 10.1. The summed E-state index contributed by atoms with van der Waals surface area (Å²) in [6.07, 6.45) is 4.03. The summed E-state index contributed by atoms with van der Waals surface area (Å²) in [5.74, 6) is -0.888. The number of carbonyl (C=O) groups is 3. The maximum atomic E-state index is 13.0. The Morgan fingerprint density at radius 2 is 1.61 bits per heavy atom. The van der Waals surface area contributed by atoms with Gasteiger partial charge in [-0.2, -0.15) is 4.31 Å². The highest BCUT2D eigenvalue weighted by atomic mass is 32.2. The highest BCUT2D eigenvalue weighted by Crippen LogP contribution is 2.23. The van der Waals surface area contributed by atoms with Gasteiger partial charge in [0.2, 0.25) is 21.8 Å². The summed E-state index contributed by atoms with van der Waals surface area (Å²) >= 11 is 0. The summed E-state index contributed by atoms with van der Waals surface area (Å²) in [5, 5.41) is 3.90. The van der Waals surface area contributed by atoms with E-state index in [1.807, 2.05) is 0 Å². The molecule has 4 rings (SSSR count). The van der Waals surface area contributed by atoms with Crippen molar-refractivity contribution in [3.63, 3.8) is 0 Å². The van der Waals surface area contributed by atoms with E-state index in [0.29, 0.717) is 30.0 Å². The molecule has 0 atom stereocenters. The molecule has 174 valence electrons. The number of nitrogens with zero attached hydrogens (tertiary/aromatic N) is 2. The van der Waals surface area contributed by atoms with E-state index in [-0.39, 0.29) is 29.6 Å². The maximum absolute atomic E-state index is 13.0. The molecule has 10 heteroatoms. The molecule has 0 bridgehead atoms. The third-order valence-electron chi connectivity index (χ3n) is 5.73. The van der Waals surface area contributed by atoms with E-state index in [1.165, 1.54) is 33.6 Å². The van der Waals surface area contributed by atoms with Gasteiger partial charge in [-0.25, -0.2) is 13.4 Å². The molecule has 0 aromatic heterocycles. The predicted molar refractivity (Wildman–Crippen MR) is 123 cm³/mol. The van der Waals surface area contributed by atoms with Crippen molar-refractivity contribution in [2.24, 2.45) is 0 Å². The van der Waals surface area contributed by atoms with Crippen LogP contribution in [0, 0.1) is 0 Å². The Labute approximate surface area is 192 Å². The lowest BCUT2D eigenvalue weighted by molar-refractivity contribution is -0.130. The first kappa shape index (κ1) is 22.9. The van der Waals surface area contributed by atoms with E-state index in [0.717, 1.165) is 25.7 Å². The normalized spacial score (nSPS) is 17.9. The Morgan fingerprint density at radius 1 is 0.909 bits per heavy atom. The average Bonchev–Trinajstić information content (AvgIpc) is 3.11. The summed E-state index contributed by atoms with van der Waals surface area (Å²) in [6.45, 7) is 1.01. The van der Waals surface area contributed by atoms with E-state index >= 15 is 0 Å². The summed E-state index contributed by atoms with van der Waals surface area (Å²) < 4.78 is 27.6. The average molecular weight is 471 g/mol. The molecule has 2 aliphatic rings. The van der Waals surface area contributed by atoms with Crippen molar-refractivity contribution in [2.75, 3.05) is 23.4 Å². The van der Waals surface area contributed by atoms with Crippen LogP contribution in [0.25, 0.3) is 0 Å². The molecule has 0 saturated carbocycles. The van der Waals surface area contributed by atoms with Crippen LogP contribution in [0.5, 0.6) is 0 Å². The monoisotopic (exact) mass is 470 g/mol. The van der Waals surface area contributed by atoms with Gasteiger partial charge in [-0.1, -0.05) is 18.9 Å². The van der Waals surface area contributed by atoms with Crippen LogP contribution in [0.4, 0.5) is 11.4 Å². The molecule has 2 fully saturated rings. The van der Waals surface area contributed by atoms with Gasteiger partial charge in [0.1, 0.15) is 0 Å². The lowest BCUT2D eigenvalue weighted by Crippen LogP contribution is -2.50. The van der Waals surface area contributed by atoms with Crippen LogP contribution in [0.2, 0.25) is 0 Å². The van der Waals surface area contributed by atoms with E-state index in [4.69, 9.17) is 0 Å². The summed E-state index contributed by atoms with van der Waals surface area (Å²) in [7, 11) is -3.63. The number of amides is 3. The van der Waals surface area contributed by atoms with Crippen molar-refractivity contribution in [3.8, 4) is 0 Å². The quantitative estimate of drug-likeness (QED) is 0.697. The van der Waals surface area contributed by atoms with Crippen molar-refractivity contribution in [1.29, 1.82) is 0 Å². The third kappa shape index (κ3) is 5.23. The summed E-state index contributed by atoms with van der Waals surface area (Å²) in [5.41, 5.74) is 3.66. The van der Waals surface area contributed by atoms with Crippen molar-refractivity contribution in [1.82, 2.24) is 9.73 Å². The molecule has 2 N–H and O–H groups in total. The molecular weight excluding hydrogens is 444 g/mol. The van der Waals surface area contributed by atoms with Gasteiger partial charge in [0.25, 0.3) is 5.91 Å². The first-order valence-electron chi connectivity index (χ1n) is 11.0. The number of hydrazine groups is 1. The maximum Gasteiger partial charge on any atom is 0.255 e. The number of benzene rings is 2. The second-order valence-corrected chi connectivity index (χ2v) is 10.0. The number of nitrogens with one attached hydrogen (secondary N) is 2. The van der Waals surface area contributed by atoms with Gasteiger partial charge in [-0.05, 0) is 55.3 Å². The number of carbonyl (C=O) groups excluding carboxylic acids is 3. The van der Waals surface area contributed by atoms with E-state index in [9.17, 15) is 22.8 Å². The molecule has 2 heterocycles. The van der Waals surface area contributed by atoms with Crippen LogP contribution >= 0.6 is 0 Å². The Morgan fingerprint density at radius 3 is 2.30 bits per heavy atom. The number of anilines is 2. The van der Waals surface area contributed by atoms with E-state index in [1.54, 1.807) is 24.3 Å². The summed E-state index contributed by atoms with van der Waals surface area (Å²) in [6, 6.07) is 12.5. The van der Waals surface area contributed by atoms with Gasteiger partial charge in [-0.15, -0.1) is 0 Å². The predicted octanol–water partition coefficient (Wildman–Crippen LogP) is 2.66. The van der Waals surface area contributed by atoms with Crippen molar-refractivity contribution >= 4 is 39.1 Å². The van der Waals surface area contributed by atoms with E-state index < -0.39 is 15.9 Å². The fourth-order valence-electron chi connectivity index (χ4n) is 3.91. The SMILES string of the molecule is O=C1CCC(=O)N(c2ccc(C(=O)Nc3cccc(S(=O)(=O)N4CCCCCC4)c3)cc2)N1. The van der Waals surface area contributed by atoms with Gasteiger partial charge >= 0.3 is 0 Å². The van der Waals surface area contributed by atoms with Crippen LogP contribution < -0.4 is 15.8 Å². The first-order valence-corrected chi connectivity index (χ1v) is 12.4. The van der Waals surface area contributed by atoms with Crippen LogP contribution in [0.1, 0.15) is 48.9 Å². The Kier molecular flexibility index (Phi) is 6.75. The largest absolute Gasteiger partial charge is 0.322 e. The minimum absolute atomic E-state index is 0.130. The van der Waals surface area contributed by atoms with Gasteiger partial charge in [0.05, 0.1) is 10.6 Å². The van der Waals surface area contributed by atoms with Gasteiger partial charge < -0.3 is 5.32 Å². The Bertz CT molecular complexity index is 1160. The first-order chi connectivity index (χ1) is 15.8. The molecule has 0 aliphatic carbocycles. The lowest BCUT2D eigenvalue weighted by Gasteiger charge is -2.27. The van der Waals surface area contributed by atoms with Gasteiger partial charge in [-0.3, -0.25) is 19.8 Å². The van der Waals surface area contributed by atoms with Crippen molar-refractivity contribution < 1.29 is 22.8 Å². The topological polar surface area (TPSA) is 116 Å². The van der Waals surface area contributed by atoms with E-state index in [2.05, 4.69) is 10.7 Å². The fourth-order valence-corrected chi connectivity index (χ4v) is 5.48. The van der Waals surface area contributed by atoms with Crippen LogP contribution in [-0.4, -0.2) is 43.5 Å². The molecule has 2 aliphatic heterocycles. The molecule has 0 radical (unpaired) electrons. The zero-order valence-corrected chi connectivity index (χ0v) is 18.9. The molecule has 0 spiro atoms. The standard InChI is InChI=1S/C23H26N4O5S/c28-21-12-13-22(29)27(25-21)19-10-8-17(9-11-19)23(30)24-18-6-5-7-20(16-18)33(31,32)26-14-3-1-2-4-15-26/h5-11,16H,1-4,12-15H2,(H,24,30)(H,25,28). The molecule has 2 aromatic rings. The molecule has 33 heavy (non-hydrogen) atoms.